The monoisotopic (exact) mass is 365 g/mol. The van der Waals surface area contributed by atoms with Crippen molar-refractivity contribution in [3.05, 3.63) is 95.7 Å². The Labute approximate surface area is 161 Å². The lowest BCUT2D eigenvalue weighted by atomic mass is 10.1. The van der Waals surface area contributed by atoms with Crippen LogP contribution in [0.15, 0.2) is 88.4 Å². The first kappa shape index (κ1) is 17.3. The van der Waals surface area contributed by atoms with E-state index in [1.165, 1.54) is 6.21 Å². The number of fused-ring (bicyclic) bond motifs is 1. The molecule has 28 heavy (non-hydrogen) atoms. The molecule has 0 atom stereocenters. The average molecular weight is 365 g/mol. The molecule has 5 nitrogen and oxygen atoms in total. The van der Waals surface area contributed by atoms with Gasteiger partial charge in [-0.3, -0.25) is 4.79 Å². The molecular weight excluding hydrogens is 350 g/mol. The molecule has 0 spiro atoms. The van der Waals surface area contributed by atoms with E-state index < -0.39 is 0 Å². The number of benzene rings is 3. The highest BCUT2D eigenvalue weighted by molar-refractivity contribution is 5.98. The molecule has 134 valence electrons. The smallest absolute Gasteiger partial charge is 0.271 e. The Morgan fingerprint density at radius 2 is 1.75 bits per heavy atom. The van der Waals surface area contributed by atoms with Gasteiger partial charge in [-0.05, 0) is 47.2 Å². The zero-order valence-electron chi connectivity index (χ0n) is 14.8. The highest BCUT2D eigenvalue weighted by atomic mass is 16.3. The van der Waals surface area contributed by atoms with Gasteiger partial charge in [0.2, 0.25) is 0 Å². The van der Waals surface area contributed by atoms with Gasteiger partial charge >= 0.3 is 0 Å². The summed E-state index contributed by atoms with van der Waals surface area (Å²) in [5.74, 6) is 0.740. The molecule has 4 rings (SSSR count). The van der Waals surface area contributed by atoms with Crippen LogP contribution in [0.5, 0.6) is 0 Å². The van der Waals surface area contributed by atoms with Gasteiger partial charge in [-0.1, -0.05) is 42.5 Å². The number of amides is 1. The number of hydrogen-bond donors (Lipinski definition) is 1. The third kappa shape index (κ3) is 3.53. The van der Waals surface area contributed by atoms with Gasteiger partial charge < -0.3 is 4.42 Å². The van der Waals surface area contributed by atoms with Crippen LogP contribution in [0.2, 0.25) is 0 Å². The molecule has 1 amide bonds. The third-order valence-electron chi connectivity index (χ3n) is 4.31. The number of hydrogen-bond acceptors (Lipinski definition) is 4. The molecule has 4 aromatic rings. The summed E-state index contributed by atoms with van der Waals surface area (Å²) < 4.78 is 5.71. The maximum atomic E-state index is 12.3. The van der Waals surface area contributed by atoms with Crippen molar-refractivity contribution in [3.63, 3.8) is 0 Å². The Bertz CT molecular complexity index is 1230. The Hall–Kier alpha value is -4.17. The van der Waals surface area contributed by atoms with Crippen LogP contribution >= 0.6 is 0 Å². The fourth-order valence-electron chi connectivity index (χ4n) is 2.91. The van der Waals surface area contributed by atoms with Crippen LogP contribution in [0.4, 0.5) is 0 Å². The Kier molecular flexibility index (Phi) is 4.68. The van der Waals surface area contributed by atoms with E-state index in [-0.39, 0.29) is 5.91 Å². The van der Waals surface area contributed by atoms with Gasteiger partial charge in [0.15, 0.2) is 0 Å². The standard InChI is InChI=1S/C23H15N3O2/c24-14-19-7-3-4-8-21(19)22-12-11-20(28-22)15-25-26-23(27)18-10-9-16-5-1-2-6-17(16)13-18/h1-13,15H,(H,26,27)/b25-15-. The second-order valence-corrected chi connectivity index (χ2v) is 6.12. The highest BCUT2D eigenvalue weighted by Crippen LogP contribution is 2.24. The van der Waals surface area contributed by atoms with Gasteiger partial charge in [-0.15, -0.1) is 0 Å². The molecule has 0 unspecified atom stereocenters. The molecule has 1 aromatic heterocycles. The van der Waals surface area contributed by atoms with E-state index >= 15 is 0 Å². The zero-order valence-corrected chi connectivity index (χ0v) is 14.8. The number of carbonyl (C=O) groups is 1. The Morgan fingerprint density at radius 3 is 2.61 bits per heavy atom. The lowest BCUT2D eigenvalue weighted by molar-refractivity contribution is 0.0955. The fourth-order valence-corrected chi connectivity index (χ4v) is 2.91. The van der Waals surface area contributed by atoms with Gasteiger partial charge in [-0.25, -0.2) is 5.43 Å². The van der Waals surface area contributed by atoms with Crippen molar-refractivity contribution in [1.29, 1.82) is 5.26 Å². The van der Waals surface area contributed by atoms with Gasteiger partial charge in [-0.2, -0.15) is 10.4 Å². The molecule has 5 heteroatoms. The number of nitrogens with zero attached hydrogens (tertiary/aromatic N) is 2. The Morgan fingerprint density at radius 1 is 0.964 bits per heavy atom. The molecule has 0 bridgehead atoms. The van der Waals surface area contributed by atoms with Crippen molar-refractivity contribution in [2.75, 3.05) is 0 Å². The molecule has 0 fully saturated rings. The number of nitrogens with one attached hydrogen (secondary N) is 1. The number of nitriles is 1. The highest BCUT2D eigenvalue weighted by Gasteiger charge is 2.09. The summed E-state index contributed by atoms with van der Waals surface area (Å²) in [5.41, 5.74) is 4.27. The molecule has 0 saturated carbocycles. The minimum absolute atomic E-state index is 0.302. The van der Waals surface area contributed by atoms with Crippen LogP contribution in [0.3, 0.4) is 0 Å². The van der Waals surface area contributed by atoms with Gasteiger partial charge in [0.1, 0.15) is 11.5 Å². The van der Waals surface area contributed by atoms with E-state index in [1.807, 2.05) is 48.5 Å². The van der Waals surface area contributed by atoms with Gasteiger partial charge in [0.05, 0.1) is 17.8 Å². The molecule has 3 aromatic carbocycles. The summed E-state index contributed by atoms with van der Waals surface area (Å²) in [4.78, 5) is 12.3. The largest absolute Gasteiger partial charge is 0.455 e. The van der Waals surface area contributed by atoms with Crippen molar-refractivity contribution in [3.8, 4) is 17.4 Å². The first-order valence-corrected chi connectivity index (χ1v) is 8.66. The van der Waals surface area contributed by atoms with Crippen LogP contribution in [-0.4, -0.2) is 12.1 Å². The maximum absolute atomic E-state index is 12.3. The second kappa shape index (κ2) is 7.60. The first-order valence-electron chi connectivity index (χ1n) is 8.66. The van der Waals surface area contributed by atoms with E-state index in [0.717, 1.165) is 10.8 Å². The van der Waals surface area contributed by atoms with E-state index in [2.05, 4.69) is 16.6 Å². The van der Waals surface area contributed by atoms with Crippen molar-refractivity contribution < 1.29 is 9.21 Å². The summed E-state index contributed by atoms with van der Waals surface area (Å²) in [6, 6.07) is 26.2. The maximum Gasteiger partial charge on any atom is 0.271 e. The predicted octanol–water partition coefficient (Wildman–Crippen LogP) is 4.74. The van der Waals surface area contributed by atoms with Gasteiger partial charge in [0, 0.05) is 11.1 Å². The SMILES string of the molecule is N#Cc1ccccc1-c1ccc(/C=N\NC(=O)c2ccc3ccccc3c2)o1. The normalized spacial score (nSPS) is 10.8. The second-order valence-electron chi connectivity index (χ2n) is 6.12. The van der Waals surface area contributed by atoms with E-state index in [4.69, 9.17) is 4.42 Å². The lowest BCUT2D eigenvalue weighted by Crippen LogP contribution is -2.17. The molecule has 0 radical (unpaired) electrons. The number of hydrazone groups is 1. The lowest BCUT2D eigenvalue weighted by Gasteiger charge is -2.02. The van der Waals surface area contributed by atoms with E-state index in [9.17, 15) is 10.1 Å². The molecule has 0 aliphatic carbocycles. The van der Waals surface area contributed by atoms with Crippen LogP contribution in [0, 0.1) is 11.3 Å². The summed E-state index contributed by atoms with van der Waals surface area (Å²) in [6.07, 6.45) is 1.43. The van der Waals surface area contributed by atoms with Crippen LogP contribution < -0.4 is 5.43 Å². The zero-order chi connectivity index (χ0) is 19.3. The van der Waals surface area contributed by atoms with Crippen molar-refractivity contribution in [2.45, 2.75) is 0 Å². The Balaban J connectivity index is 1.47. The number of rotatable bonds is 4. The van der Waals surface area contributed by atoms with Crippen LogP contribution in [0.1, 0.15) is 21.7 Å². The molecule has 1 heterocycles. The summed E-state index contributed by atoms with van der Waals surface area (Å²) in [5, 5.41) is 15.2. The summed E-state index contributed by atoms with van der Waals surface area (Å²) >= 11 is 0. The van der Waals surface area contributed by atoms with E-state index in [0.29, 0.717) is 28.2 Å². The first-order chi connectivity index (χ1) is 13.7. The topological polar surface area (TPSA) is 78.4 Å². The van der Waals surface area contributed by atoms with Gasteiger partial charge in [0.25, 0.3) is 5.91 Å². The summed E-state index contributed by atoms with van der Waals surface area (Å²) in [6.45, 7) is 0. The van der Waals surface area contributed by atoms with Crippen LogP contribution in [-0.2, 0) is 0 Å². The van der Waals surface area contributed by atoms with Crippen molar-refractivity contribution in [2.24, 2.45) is 5.10 Å². The molecule has 1 N–H and O–H groups in total. The predicted molar refractivity (Wildman–Crippen MR) is 108 cm³/mol. The molecule has 0 saturated heterocycles. The molecule has 0 aliphatic heterocycles. The fraction of sp³-hybridized carbons (Fsp3) is 0. The third-order valence-corrected chi connectivity index (χ3v) is 4.31. The number of furan rings is 1. The minimum atomic E-state index is -0.302. The molecular formula is C23H15N3O2. The summed E-state index contributed by atoms with van der Waals surface area (Å²) in [7, 11) is 0. The van der Waals surface area contributed by atoms with Crippen molar-refractivity contribution >= 4 is 22.9 Å². The number of carbonyl (C=O) groups excluding carboxylic acids is 1. The molecule has 0 aliphatic rings. The quantitative estimate of drug-likeness (QED) is 0.419. The van der Waals surface area contributed by atoms with E-state index in [1.54, 1.807) is 30.3 Å². The average Bonchev–Trinajstić information content (AvgIpc) is 3.22. The minimum Gasteiger partial charge on any atom is -0.455 e. The van der Waals surface area contributed by atoms with Crippen LogP contribution in [0.25, 0.3) is 22.1 Å². The van der Waals surface area contributed by atoms with Crippen molar-refractivity contribution in [1.82, 2.24) is 5.43 Å².